The van der Waals surface area contributed by atoms with E-state index in [1.165, 1.54) is 11.3 Å². The van der Waals surface area contributed by atoms with Crippen LogP contribution in [-0.4, -0.2) is 36.2 Å². The van der Waals surface area contributed by atoms with Crippen LogP contribution in [0.5, 0.6) is 0 Å². The van der Waals surface area contributed by atoms with Gasteiger partial charge in [0.15, 0.2) is 0 Å². The van der Waals surface area contributed by atoms with Crippen LogP contribution in [0.15, 0.2) is 11.7 Å². The molecule has 0 aliphatic rings. The Kier molecular flexibility index (Phi) is 8.18. The van der Waals surface area contributed by atoms with Gasteiger partial charge in [0, 0.05) is 25.3 Å². The van der Waals surface area contributed by atoms with Gasteiger partial charge in [0.25, 0.3) is 0 Å². The maximum Gasteiger partial charge on any atom is 0.407 e. The zero-order valence-electron chi connectivity index (χ0n) is 12.3. The van der Waals surface area contributed by atoms with E-state index in [0.29, 0.717) is 13.1 Å². The van der Waals surface area contributed by atoms with Crippen molar-refractivity contribution in [1.29, 1.82) is 0 Å². The second-order valence-corrected chi connectivity index (χ2v) is 5.70. The standard InChI is InChI=1S/C13H22N4O3S/c1-10(2)17-12(18)15-5-3-4-6-16-13(19)20-8-11-7-14-9-21-11/h7,9-10H,3-6,8H2,1-2H3,(H,16,19)(H2,15,17,18). The van der Waals surface area contributed by atoms with Gasteiger partial charge in [0.1, 0.15) is 6.61 Å². The monoisotopic (exact) mass is 314 g/mol. The van der Waals surface area contributed by atoms with Crippen LogP contribution >= 0.6 is 11.3 Å². The van der Waals surface area contributed by atoms with Gasteiger partial charge in [-0.2, -0.15) is 0 Å². The number of thiazole rings is 1. The number of hydrogen-bond acceptors (Lipinski definition) is 5. The van der Waals surface area contributed by atoms with Crippen molar-refractivity contribution in [2.45, 2.75) is 39.3 Å². The molecular formula is C13H22N4O3S. The average molecular weight is 314 g/mol. The Labute approximate surface area is 128 Å². The normalized spacial score (nSPS) is 10.2. The van der Waals surface area contributed by atoms with Crippen LogP contribution in [0.3, 0.4) is 0 Å². The lowest BCUT2D eigenvalue weighted by atomic mass is 10.3. The third kappa shape index (κ3) is 8.85. The van der Waals surface area contributed by atoms with E-state index < -0.39 is 6.09 Å². The molecule has 7 nitrogen and oxygen atoms in total. The molecule has 0 unspecified atom stereocenters. The van der Waals surface area contributed by atoms with Crippen LogP contribution in [0.1, 0.15) is 31.6 Å². The molecular weight excluding hydrogens is 292 g/mol. The summed E-state index contributed by atoms with van der Waals surface area (Å²) in [6.45, 7) is 5.15. The Bertz CT molecular complexity index is 423. The number of carbonyl (C=O) groups excluding carboxylic acids is 2. The van der Waals surface area contributed by atoms with E-state index in [4.69, 9.17) is 4.74 Å². The fraction of sp³-hybridized carbons (Fsp3) is 0.615. The Morgan fingerprint density at radius 1 is 1.29 bits per heavy atom. The molecule has 0 atom stereocenters. The van der Waals surface area contributed by atoms with Crippen molar-refractivity contribution >= 4 is 23.5 Å². The summed E-state index contributed by atoms with van der Waals surface area (Å²) in [7, 11) is 0. The Morgan fingerprint density at radius 3 is 2.62 bits per heavy atom. The predicted octanol–water partition coefficient (Wildman–Crippen LogP) is 1.86. The van der Waals surface area contributed by atoms with Crippen LogP contribution in [0, 0.1) is 0 Å². The smallest absolute Gasteiger partial charge is 0.407 e. The molecule has 1 rings (SSSR count). The maximum absolute atomic E-state index is 11.4. The number of aromatic nitrogens is 1. The van der Waals surface area contributed by atoms with Crippen LogP contribution in [-0.2, 0) is 11.3 Å². The van der Waals surface area contributed by atoms with Crippen molar-refractivity contribution in [3.05, 3.63) is 16.6 Å². The number of alkyl carbamates (subject to hydrolysis) is 1. The minimum atomic E-state index is -0.436. The summed E-state index contributed by atoms with van der Waals surface area (Å²) in [6, 6.07) is -0.0399. The molecule has 1 aromatic heterocycles. The number of ether oxygens (including phenoxy) is 1. The summed E-state index contributed by atoms with van der Waals surface area (Å²) in [5, 5.41) is 8.14. The third-order valence-electron chi connectivity index (χ3n) is 2.41. The highest BCUT2D eigenvalue weighted by Gasteiger charge is 2.03. The van der Waals surface area contributed by atoms with Crippen molar-refractivity contribution in [2.75, 3.05) is 13.1 Å². The van der Waals surface area contributed by atoms with Gasteiger partial charge in [-0.3, -0.25) is 4.98 Å². The Balaban J connectivity index is 1.94. The second kappa shape index (κ2) is 9.98. The zero-order chi connectivity index (χ0) is 15.5. The van der Waals surface area contributed by atoms with Gasteiger partial charge in [0.05, 0.1) is 10.4 Å². The number of amides is 3. The molecule has 0 spiro atoms. The maximum atomic E-state index is 11.4. The van der Waals surface area contributed by atoms with Gasteiger partial charge in [-0.25, -0.2) is 9.59 Å². The van der Waals surface area contributed by atoms with Crippen LogP contribution < -0.4 is 16.0 Å². The van der Waals surface area contributed by atoms with Crippen molar-refractivity contribution < 1.29 is 14.3 Å². The van der Waals surface area contributed by atoms with Gasteiger partial charge >= 0.3 is 12.1 Å². The lowest BCUT2D eigenvalue weighted by Crippen LogP contribution is -2.39. The van der Waals surface area contributed by atoms with Crippen LogP contribution in [0.2, 0.25) is 0 Å². The third-order valence-corrected chi connectivity index (χ3v) is 3.16. The lowest BCUT2D eigenvalue weighted by molar-refractivity contribution is 0.140. The average Bonchev–Trinajstić information content (AvgIpc) is 2.92. The van der Waals surface area contributed by atoms with Gasteiger partial charge in [-0.1, -0.05) is 0 Å². The van der Waals surface area contributed by atoms with Crippen molar-refractivity contribution in [3.63, 3.8) is 0 Å². The van der Waals surface area contributed by atoms with Gasteiger partial charge in [0.2, 0.25) is 0 Å². The van der Waals surface area contributed by atoms with Crippen LogP contribution in [0.4, 0.5) is 9.59 Å². The Morgan fingerprint density at radius 2 is 2.00 bits per heavy atom. The number of urea groups is 1. The summed E-state index contributed by atoms with van der Waals surface area (Å²) in [5.74, 6) is 0. The molecule has 0 aromatic carbocycles. The molecule has 1 heterocycles. The number of carbonyl (C=O) groups is 2. The molecule has 0 aliphatic heterocycles. The minimum absolute atomic E-state index is 0.125. The molecule has 3 amide bonds. The molecule has 8 heteroatoms. The lowest BCUT2D eigenvalue weighted by Gasteiger charge is -2.10. The first kappa shape index (κ1) is 17.2. The topological polar surface area (TPSA) is 92.4 Å². The summed E-state index contributed by atoms with van der Waals surface area (Å²) in [4.78, 5) is 27.5. The summed E-state index contributed by atoms with van der Waals surface area (Å²) >= 11 is 1.44. The number of rotatable bonds is 8. The first-order chi connectivity index (χ1) is 10.1. The fourth-order valence-electron chi connectivity index (χ4n) is 1.46. The second-order valence-electron chi connectivity index (χ2n) is 4.73. The Hall–Kier alpha value is -1.83. The molecule has 21 heavy (non-hydrogen) atoms. The zero-order valence-corrected chi connectivity index (χ0v) is 13.2. The van der Waals surface area contributed by atoms with E-state index >= 15 is 0 Å². The molecule has 0 aliphatic carbocycles. The van der Waals surface area contributed by atoms with E-state index in [1.54, 1.807) is 11.7 Å². The highest BCUT2D eigenvalue weighted by atomic mass is 32.1. The minimum Gasteiger partial charge on any atom is -0.444 e. The predicted molar refractivity (Wildman–Crippen MR) is 81.2 cm³/mol. The summed E-state index contributed by atoms with van der Waals surface area (Å²) < 4.78 is 5.02. The van der Waals surface area contributed by atoms with Crippen molar-refractivity contribution in [1.82, 2.24) is 20.9 Å². The van der Waals surface area contributed by atoms with Gasteiger partial charge < -0.3 is 20.7 Å². The molecule has 118 valence electrons. The van der Waals surface area contributed by atoms with Crippen molar-refractivity contribution in [3.8, 4) is 0 Å². The fourth-order valence-corrected chi connectivity index (χ4v) is 1.96. The first-order valence-electron chi connectivity index (χ1n) is 6.90. The molecule has 3 N–H and O–H groups in total. The van der Waals surface area contributed by atoms with Gasteiger partial charge in [-0.05, 0) is 26.7 Å². The van der Waals surface area contributed by atoms with Crippen molar-refractivity contribution in [2.24, 2.45) is 0 Å². The molecule has 1 aromatic rings. The highest BCUT2D eigenvalue weighted by Crippen LogP contribution is 2.06. The summed E-state index contributed by atoms with van der Waals surface area (Å²) in [5.41, 5.74) is 1.69. The number of hydrogen-bond donors (Lipinski definition) is 3. The van der Waals surface area contributed by atoms with E-state index in [0.717, 1.165) is 17.7 Å². The quantitative estimate of drug-likeness (QED) is 0.639. The molecule has 0 fully saturated rings. The largest absolute Gasteiger partial charge is 0.444 e. The molecule has 0 bridgehead atoms. The van der Waals surface area contributed by atoms with Crippen LogP contribution in [0.25, 0.3) is 0 Å². The molecule has 0 radical (unpaired) electrons. The van der Waals surface area contributed by atoms with E-state index in [-0.39, 0.29) is 18.7 Å². The van der Waals surface area contributed by atoms with Gasteiger partial charge in [-0.15, -0.1) is 11.3 Å². The molecule has 0 saturated heterocycles. The number of nitrogens with zero attached hydrogens (tertiary/aromatic N) is 1. The van der Waals surface area contributed by atoms with E-state index in [2.05, 4.69) is 20.9 Å². The summed E-state index contributed by atoms with van der Waals surface area (Å²) in [6.07, 6.45) is 2.80. The number of unbranched alkanes of at least 4 members (excludes halogenated alkanes) is 1. The number of nitrogens with one attached hydrogen (secondary N) is 3. The van der Waals surface area contributed by atoms with E-state index in [9.17, 15) is 9.59 Å². The first-order valence-corrected chi connectivity index (χ1v) is 7.78. The molecule has 0 saturated carbocycles. The van der Waals surface area contributed by atoms with E-state index in [1.807, 2.05) is 13.8 Å². The highest BCUT2D eigenvalue weighted by molar-refractivity contribution is 7.09. The SMILES string of the molecule is CC(C)NC(=O)NCCCCNC(=O)OCc1cncs1.